The van der Waals surface area contributed by atoms with Crippen LogP contribution in [0.4, 0.5) is 0 Å². The van der Waals surface area contributed by atoms with Gasteiger partial charge in [-0.1, -0.05) is 18.2 Å². The van der Waals surface area contributed by atoms with Gasteiger partial charge in [-0.25, -0.2) is 4.79 Å². The zero-order valence-corrected chi connectivity index (χ0v) is 20.0. The van der Waals surface area contributed by atoms with Gasteiger partial charge >= 0.3 is 17.9 Å². The van der Waals surface area contributed by atoms with E-state index in [1.807, 2.05) is 0 Å². The Kier molecular flexibility index (Phi) is 10.7. The first-order valence-electron chi connectivity index (χ1n) is 11.4. The van der Waals surface area contributed by atoms with E-state index in [0.29, 0.717) is 10.9 Å². The highest BCUT2D eigenvalue weighted by atomic mass is 16.4. The fourth-order valence-corrected chi connectivity index (χ4v) is 3.55. The summed E-state index contributed by atoms with van der Waals surface area (Å²) < 4.78 is 0. The third-order valence-electron chi connectivity index (χ3n) is 5.54. The maximum absolute atomic E-state index is 13.1. The summed E-state index contributed by atoms with van der Waals surface area (Å²) in [5.41, 5.74) is 6.78. The molecular formula is C23H29N5O10. The number of aromatic nitrogens is 1. The van der Waals surface area contributed by atoms with Gasteiger partial charge in [0.15, 0.2) is 0 Å². The van der Waals surface area contributed by atoms with Gasteiger partial charge < -0.3 is 47.1 Å². The minimum absolute atomic E-state index is 0.141. The van der Waals surface area contributed by atoms with Crippen LogP contribution in [0.2, 0.25) is 0 Å². The molecule has 3 amide bonds. The van der Waals surface area contributed by atoms with Crippen molar-refractivity contribution in [2.24, 2.45) is 5.73 Å². The molecule has 0 spiro atoms. The second-order valence-corrected chi connectivity index (χ2v) is 8.40. The number of aliphatic hydroxyl groups is 1. The van der Waals surface area contributed by atoms with Crippen molar-refractivity contribution in [1.82, 2.24) is 20.9 Å². The Bertz CT molecular complexity index is 1200. The van der Waals surface area contributed by atoms with E-state index in [2.05, 4.69) is 20.9 Å². The van der Waals surface area contributed by atoms with Gasteiger partial charge in [-0.3, -0.25) is 24.0 Å². The molecule has 10 N–H and O–H groups in total. The molecule has 2 rings (SSSR count). The zero-order valence-electron chi connectivity index (χ0n) is 20.0. The first-order valence-corrected chi connectivity index (χ1v) is 11.4. The summed E-state index contributed by atoms with van der Waals surface area (Å²) in [6.45, 7) is -0.921. The van der Waals surface area contributed by atoms with Crippen molar-refractivity contribution < 1.29 is 49.2 Å². The molecule has 1 aromatic carbocycles. The standard InChI is InChI=1S/C23H29N5O10/c24-13(8-19(32)33)20(34)28-17(10-29)22(36)27-16(7-11-9-25-14-4-2-1-3-12(11)14)21(35)26-15(23(37)38)5-6-18(30)31/h1-4,9,13,15-17,25,29H,5-8,10,24H2,(H,26,35)(H,27,36)(H,28,34)(H,30,31)(H,32,33)(H,37,38). The van der Waals surface area contributed by atoms with E-state index in [9.17, 15) is 39.0 Å². The van der Waals surface area contributed by atoms with Crippen LogP contribution in [0.1, 0.15) is 24.8 Å². The number of hydrogen-bond donors (Lipinski definition) is 9. The molecule has 0 bridgehead atoms. The summed E-state index contributed by atoms with van der Waals surface area (Å²) in [6.07, 6.45) is -0.235. The number of amides is 3. The molecule has 15 heteroatoms. The highest BCUT2D eigenvalue weighted by molar-refractivity contribution is 5.95. The fourth-order valence-electron chi connectivity index (χ4n) is 3.55. The molecular weight excluding hydrogens is 506 g/mol. The smallest absolute Gasteiger partial charge is 0.326 e. The van der Waals surface area contributed by atoms with Crippen molar-refractivity contribution >= 4 is 46.5 Å². The quantitative estimate of drug-likeness (QED) is 0.119. The molecule has 0 fully saturated rings. The van der Waals surface area contributed by atoms with Crippen molar-refractivity contribution in [1.29, 1.82) is 0 Å². The predicted molar refractivity (Wildman–Crippen MR) is 130 cm³/mol. The minimum Gasteiger partial charge on any atom is -0.481 e. The topological polar surface area (TPSA) is 261 Å². The fraction of sp³-hybridized carbons (Fsp3) is 0.391. The Morgan fingerprint density at radius 2 is 1.45 bits per heavy atom. The van der Waals surface area contributed by atoms with Crippen LogP contribution in [0.25, 0.3) is 10.9 Å². The van der Waals surface area contributed by atoms with Crippen LogP contribution in [0.3, 0.4) is 0 Å². The third kappa shape index (κ3) is 8.56. The molecule has 1 aromatic heterocycles. The van der Waals surface area contributed by atoms with Crippen LogP contribution >= 0.6 is 0 Å². The maximum atomic E-state index is 13.1. The van der Waals surface area contributed by atoms with E-state index in [-0.39, 0.29) is 6.42 Å². The van der Waals surface area contributed by atoms with Crippen LogP contribution in [-0.2, 0) is 35.2 Å². The van der Waals surface area contributed by atoms with E-state index in [4.69, 9.17) is 15.9 Å². The number of H-pyrrole nitrogens is 1. The van der Waals surface area contributed by atoms with Crippen molar-refractivity contribution in [2.75, 3.05) is 6.61 Å². The van der Waals surface area contributed by atoms with Gasteiger partial charge in [-0.2, -0.15) is 0 Å². The molecule has 15 nitrogen and oxygen atoms in total. The number of para-hydroxylation sites is 1. The second kappa shape index (κ2) is 13.7. The van der Waals surface area contributed by atoms with Gasteiger partial charge in [0.2, 0.25) is 17.7 Å². The number of nitrogens with two attached hydrogens (primary N) is 1. The number of fused-ring (bicyclic) bond motifs is 1. The highest BCUT2D eigenvalue weighted by Gasteiger charge is 2.31. The predicted octanol–water partition coefficient (Wildman–Crippen LogP) is -2.09. The maximum Gasteiger partial charge on any atom is 0.326 e. The molecule has 0 aliphatic carbocycles. The average molecular weight is 536 g/mol. The van der Waals surface area contributed by atoms with Crippen LogP contribution in [0.15, 0.2) is 30.5 Å². The molecule has 206 valence electrons. The molecule has 0 aliphatic rings. The molecule has 4 unspecified atom stereocenters. The summed E-state index contributed by atoms with van der Waals surface area (Å²) in [5, 5.41) is 44.1. The lowest BCUT2D eigenvalue weighted by Crippen LogP contribution is -2.58. The monoisotopic (exact) mass is 535 g/mol. The summed E-state index contributed by atoms with van der Waals surface area (Å²) in [4.78, 5) is 74.3. The Labute approximate surface area is 215 Å². The largest absolute Gasteiger partial charge is 0.481 e. The van der Waals surface area contributed by atoms with Crippen LogP contribution < -0.4 is 21.7 Å². The summed E-state index contributed by atoms with van der Waals surface area (Å²) >= 11 is 0. The number of rotatable bonds is 15. The average Bonchev–Trinajstić information content (AvgIpc) is 3.26. The highest BCUT2D eigenvalue weighted by Crippen LogP contribution is 2.19. The molecule has 0 aliphatic heterocycles. The van der Waals surface area contributed by atoms with Crippen molar-refractivity contribution in [3.63, 3.8) is 0 Å². The SMILES string of the molecule is NC(CC(=O)O)C(=O)NC(CO)C(=O)NC(Cc1c[nH]c2ccccc12)C(=O)NC(CCC(=O)O)C(=O)O. The number of carbonyl (C=O) groups excluding carboxylic acids is 3. The number of benzene rings is 1. The minimum atomic E-state index is -1.61. The Morgan fingerprint density at radius 1 is 0.842 bits per heavy atom. The Hall–Kier alpha value is -4.50. The van der Waals surface area contributed by atoms with Gasteiger partial charge in [0, 0.05) is 29.9 Å². The number of aromatic amines is 1. The molecule has 0 saturated carbocycles. The molecule has 0 radical (unpaired) electrons. The number of nitrogens with one attached hydrogen (secondary N) is 4. The lowest BCUT2D eigenvalue weighted by molar-refractivity contribution is -0.143. The lowest BCUT2D eigenvalue weighted by Gasteiger charge is -2.24. The van der Waals surface area contributed by atoms with Gasteiger partial charge in [-0.15, -0.1) is 0 Å². The van der Waals surface area contributed by atoms with Gasteiger partial charge in [-0.05, 0) is 18.1 Å². The van der Waals surface area contributed by atoms with Crippen LogP contribution in [0.5, 0.6) is 0 Å². The number of carboxylic acids is 3. The first kappa shape index (κ1) is 29.7. The molecule has 4 atom stereocenters. The van der Waals surface area contributed by atoms with E-state index < -0.39 is 85.7 Å². The number of carboxylic acid groups (broad SMARTS) is 3. The summed E-state index contributed by atoms with van der Waals surface area (Å²) in [5.74, 6) is -7.11. The van der Waals surface area contributed by atoms with Crippen LogP contribution in [0, 0.1) is 0 Å². The van der Waals surface area contributed by atoms with Crippen molar-refractivity contribution in [3.8, 4) is 0 Å². The Morgan fingerprint density at radius 3 is 2.05 bits per heavy atom. The van der Waals surface area contributed by atoms with E-state index in [0.717, 1.165) is 5.52 Å². The number of aliphatic hydroxyl groups excluding tert-OH is 1. The van der Waals surface area contributed by atoms with Gasteiger partial charge in [0.1, 0.15) is 18.1 Å². The van der Waals surface area contributed by atoms with E-state index in [1.165, 1.54) is 0 Å². The first-order chi connectivity index (χ1) is 17.9. The van der Waals surface area contributed by atoms with Crippen molar-refractivity contribution in [3.05, 3.63) is 36.0 Å². The summed E-state index contributed by atoms with van der Waals surface area (Å²) in [6, 6.07) is 0.959. The molecule has 0 saturated heterocycles. The molecule has 2 aromatic rings. The Balaban J connectivity index is 2.26. The van der Waals surface area contributed by atoms with E-state index >= 15 is 0 Å². The number of aliphatic carboxylic acids is 3. The van der Waals surface area contributed by atoms with Gasteiger partial charge in [0.25, 0.3) is 0 Å². The zero-order chi connectivity index (χ0) is 28.4. The third-order valence-corrected chi connectivity index (χ3v) is 5.54. The number of carbonyl (C=O) groups is 6. The van der Waals surface area contributed by atoms with Gasteiger partial charge in [0.05, 0.1) is 19.1 Å². The van der Waals surface area contributed by atoms with Crippen LogP contribution in [-0.4, -0.2) is 91.8 Å². The normalized spacial score (nSPS) is 14.1. The molecule has 38 heavy (non-hydrogen) atoms. The summed E-state index contributed by atoms with van der Waals surface area (Å²) in [7, 11) is 0. The lowest BCUT2D eigenvalue weighted by atomic mass is 10.0. The van der Waals surface area contributed by atoms with E-state index in [1.54, 1.807) is 30.5 Å². The van der Waals surface area contributed by atoms with Crippen molar-refractivity contribution in [2.45, 2.75) is 49.9 Å². The second-order valence-electron chi connectivity index (χ2n) is 8.40. The molecule has 1 heterocycles. The number of hydrogen-bond acceptors (Lipinski definition) is 8.